The Bertz CT molecular complexity index is 575. The lowest BCUT2D eigenvalue weighted by Gasteiger charge is -2.15. The zero-order valence-corrected chi connectivity index (χ0v) is 13.0. The molecule has 2 aromatic heterocycles. The molecule has 0 bridgehead atoms. The van der Waals surface area contributed by atoms with E-state index < -0.39 is 0 Å². The highest BCUT2D eigenvalue weighted by Gasteiger charge is 2.40. The Morgan fingerprint density at radius 2 is 2.00 bits per heavy atom. The molecule has 2 aliphatic carbocycles. The van der Waals surface area contributed by atoms with E-state index in [1.54, 1.807) is 11.3 Å². The molecule has 2 aromatic rings. The molecule has 0 amide bonds. The van der Waals surface area contributed by atoms with Crippen LogP contribution in [-0.2, 0) is 6.54 Å². The average molecular weight is 299 g/mol. The predicted molar refractivity (Wildman–Crippen MR) is 86.0 cm³/mol. The standard InChI is InChI=1S/C17H21N3S/c1-2-8-19-16(3-1)17-20-14(11-21-17)9-18-10-15(12-4-5-12)13-6-7-13/h1-3,8,11-13,15,18H,4-7,9-10H2. The summed E-state index contributed by atoms with van der Waals surface area (Å²) in [5.41, 5.74) is 2.12. The normalized spacial score (nSPS) is 18.3. The summed E-state index contributed by atoms with van der Waals surface area (Å²) < 4.78 is 0. The third-order valence-corrected chi connectivity index (χ3v) is 5.49. The molecule has 21 heavy (non-hydrogen) atoms. The number of rotatable bonds is 7. The quantitative estimate of drug-likeness (QED) is 0.846. The summed E-state index contributed by atoms with van der Waals surface area (Å²) >= 11 is 1.69. The van der Waals surface area contributed by atoms with Gasteiger partial charge in [0.1, 0.15) is 5.01 Å². The number of pyridine rings is 1. The Kier molecular flexibility index (Phi) is 3.74. The fourth-order valence-corrected chi connectivity index (χ4v) is 3.92. The van der Waals surface area contributed by atoms with Gasteiger partial charge in [0.15, 0.2) is 0 Å². The van der Waals surface area contributed by atoms with Gasteiger partial charge in [0.05, 0.1) is 11.4 Å². The number of hydrogen-bond acceptors (Lipinski definition) is 4. The van der Waals surface area contributed by atoms with E-state index in [-0.39, 0.29) is 0 Å². The molecule has 0 radical (unpaired) electrons. The maximum Gasteiger partial charge on any atom is 0.142 e. The molecule has 0 atom stereocenters. The molecule has 0 unspecified atom stereocenters. The predicted octanol–water partition coefficient (Wildman–Crippen LogP) is 3.73. The highest BCUT2D eigenvalue weighted by Crippen LogP contribution is 2.48. The molecule has 0 spiro atoms. The lowest BCUT2D eigenvalue weighted by molar-refractivity contribution is 0.378. The van der Waals surface area contributed by atoms with Gasteiger partial charge in [0, 0.05) is 18.1 Å². The van der Waals surface area contributed by atoms with E-state index >= 15 is 0 Å². The van der Waals surface area contributed by atoms with Crippen LogP contribution in [0.3, 0.4) is 0 Å². The van der Waals surface area contributed by atoms with Crippen molar-refractivity contribution in [2.45, 2.75) is 32.2 Å². The summed E-state index contributed by atoms with van der Waals surface area (Å²) in [5.74, 6) is 2.97. The van der Waals surface area contributed by atoms with Gasteiger partial charge in [-0.3, -0.25) is 4.98 Å². The summed E-state index contributed by atoms with van der Waals surface area (Å²) in [7, 11) is 0. The molecular weight excluding hydrogens is 278 g/mol. The molecule has 2 saturated carbocycles. The molecule has 2 fully saturated rings. The van der Waals surface area contributed by atoms with Gasteiger partial charge in [-0.1, -0.05) is 6.07 Å². The number of nitrogens with one attached hydrogen (secondary N) is 1. The minimum absolute atomic E-state index is 0.888. The number of nitrogens with zero attached hydrogens (tertiary/aromatic N) is 2. The van der Waals surface area contributed by atoms with Gasteiger partial charge in [-0.2, -0.15) is 0 Å². The Morgan fingerprint density at radius 3 is 2.67 bits per heavy atom. The largest absolute Gasteiger partial charge is 0.311 e. The summed E-state index contributed by atoms with van der Waals surface area (Å²) in [4.78, 5) is 9.05. The van der Waals surface area contributed by atoms with Gasteiger partial charge in [0.25, 0.3) is 0 Å². The van der Waals surface area contributed by atoms with Gasteiger partial charge in [-0.15, -0.1) is 11.3 Å². The minimum Gasteiger partial charge on any atom is -0.311 e. The highest BCUT2D eigenvalue weighted by molar-refractivity contribution is 7.13. The van der Waals surface area contributed by atoms with Crippen LogP contribution in [0.2, 0.25) is 0 Å². The van der Waals surface area contributed by atoms with Crippen molar-refractivity contribution < 1.29 is 0 Å². The zero-order valence-electron chi connectivity index (χ0n) is 12.2. The molecule has 0 aromatic carbocycles. The molecule has 3 nitrogen and oxygen atoms in total. The van der Waals surface area contributed by atoms with Gasteiger partial charge in [0.2, 0.25) is 0 Å². The maximum atomic E-state index is 4.69. The van der Waals surface area contributed by atoms with Crippen LogP contribution in [0.25, 0.3) is 10.7 Å². The summed E-state index contributed by atoms with van der Waals surface area (Å²) in [6, 6.07) is 5.97. The van der Waals surface area contributed by atoms with E-state index in [0.29, 0.717) is 0 Å². The van der Waals surface area contributed by atoms with Gasteiger partial charge in [-0.25, -0.2) is 4.98 Å². The molecule has 2 aliphatic rings. The summed E-state index contributed by atoms with van der Waals surface area (Å²) in [5, 5.41) is 6.81. The van der Waals surface area contributed by atoms with E-state index in [1.165, 1.54) is 32.2 Å². The first-order chi connectivity index (χ1) is 10.4. The van der Waals surface area contributed by atoms with Gasteiger partial charge >= 0.3 is 0 Å². The second-order valence-electron chi connectivity index (χ2n) is 6.33. The topological polar surface area (TPSA) is 37.8 Å². The molecule has 1 N–H and O–H groups in total. The third kappa shape index (κ3) is 3.33. The average Bonchev–Trinajstić information content (AvgIpc) is 3.45. The number of thiazole rings is 1. The van der Waals surface area contributed by atoms with Crippen molar-refractivity contribution in [3.63, 3.8) is 0 Å². The van der Waals surface area contributed by atoms with Crippen molar-refractivity contribution in [2.24, 2.45) is 17.8 Å². The van der Waals surface area contributed by atoms with Crippen molar-refractivity contribution in [3.05, 3.63) is 35.5 Å². The van der Waals surface area contributed by atoms with E-state index in [9.17, 15) is 0 Å². The summed E-state index contributed by atoms with van der Waals surface area (Å²) in [6.07, 6.45) is 7.67. The molecule has 0 aliphatic heterocycles. The minimum atomic E-state index is 0.888. The monoisotopic (exact) mass is 299 g/mol. The first kappa shape index (κ1) is 13.4. The van der Waals surface area contributed by atoms with E-state index in [1.807, 2.05) is 24.4 Å². The maximum absolute atomic E-state index is 4.69. The van der Waals surface area contributed by atoms with E-state index in [4.69, 9.17) is 4.98 Å². The van der Waals surface area contributed by atoms with Crippen LogP contribution in [0, 0.1) is 17.8 Å². The number of aromatic nitrogens is 2. The van der Waals surface area contributed by atoms with Crippen LogP contribution < -0.4 is 5.32 Å². The first-order valence-electron chi connectivity index (χ1n) is 7.96. The highest BCUT2D eigenvalue weighted by atomic mass is 32.1. The lowest BCUT2D eigenvalue weighted by Crippen LogP contribution is -2.25. The van der Waals surface area contributed by atoms with Gasteiger partial charge < -0.3 is 5.32 Å². The van der Waals surface area contributed by atoms with Crippen molar-refractivity contribution >= 4 is 11.3 Å². The lowest BCUT2D eigenvalue weighted by atomic mass is 9.98. The van der Waals surface area contributed by atoms with Gasteiger partial charge in [-0.05, 0) is 62.1 Å². The Labute approximate surface area is 129 Å². The molecule has 110 valence electrons. The second kappa shape index (κ2) is 5.85. The van der Waals surface area contributed by atoms with E-state index in [2.05, 4.69) is 15.7 Å². The molecular formula is C17H21N3S. The van der Waals surface area contributed by atoms with E-state index in [0.717, 1.165) is 40.7 Å². The molecule has 0 saturated heterocycles. The van der Waals surface area contributed by atoms with Crippen LogP contribution in [0.5, 0.6) is 0 Å². The van der Waals surface area contributed by atoms with Crippen LogP contribution in [-0.4, -0.2) is 16.5 Å². The van der Waals surface area contributed by atoms with Crippen molar-refractivity contribution in [3.8, 4) is 10.7 Å². The third-order valence-electron chi connectivity index (χ3n) is 4.58. The Morgan fingerprint density at radius 1 is 1.19 bits per heavy atom. The fraction of sp³-hybridized carbons (Fsp3) is 0.529. The zero-order chi connectivity index (χ0) is 14.1. The smallest absolute Gasteiger partial charge is 0.142 e. The van der Waals surface area contributed by atoms with Crippen molar-refractivity contribution in [1.82, 2.24) is 15.3 Å². The van der Waals surface area contributed by atoms with Crippen LogP contribution in [0.1, 0.15) is 31.4 Å². The van der Waals surface area contributed by atoms with Crippen LogP contribution in [0.15, 0.2) is 29.8 Å². The fourth-order valence-electron chi connectivity index (χ4n) is 3.13. The van der Waals surface area contributed by atoms with Crippen molar-refractivity contribution in [2.75, 3.05) is 6.54 Å². The number of hydrogen-bond donors (Lipinski definition) is 1. The van der Waals surface area contributed by atoms with Crippen molar-refractivity contribution in [1.29, 1.82) is 0 Å². The molecule has 2 heterocycles. The summed E-state index contributed by atoms with van der Waals surface area (Å²) in [6.45, 7) is 2.06. The Hall–Kier alpha value is -1.26. The first-order valence-corrected chi connectivity index (χ1v) is 8.84. The Balaban J connectivity index is 1.32. The molecule has 4 heteroatoms. The second-order valence-corrected chi connectivity index (χ2v) is 7.19. The van der Waals surface area contributed by atoms with Crippen LogP contribution in [0.4, 0.5) is 0 Å². The molecule has 4 rings (SSSR count). The van der Waals surface area contributed by atoms with Crippen LogP contribution >= 0.6 is 11.3 Å². The SMILES string of the molecule is c1ccc(-c2nc(CNCC(C3CC3)C3CC3)cs2)nc1.